The number of carboxylic acid groups (broad SMARTS) is 1. The predicted octanol–water partition coefficient (Wildman–Crippen LogP) is -1.34. The zero-order valence-corrected chi connectivity index (χ0v) is 11.0. The summed E-state index contributed by atoms with van der Waals surface area (Å²) in [6.07, 6.45) is -2.15. The number of hydrogen-bond donors (Lipinski definition) is 3. The second-order valence-corrected chi connectivity index (χ2v) is 5.14. The number of esters is 1. The van der Waals surface area contributed by atoms with E-state index in [0.29, 0.717) is 6.61 Å². The number of aliphatic hydroxyl groups is 1. The first kappa shape index (κ1) is 17.8. The molecule has 112 valence electrons. The molecule has 0 aromatic carbocycles. The van der Waals surface area contributed by atoms with Gasteiger partial charge in [0.15, 0.2) is 5.25 Å². The lowest BCUT2D eigenvalue weighted by molar-refractivity contribution is -0.150. The van der Waals surface area contributed by atoms with Crippen LogP contribution in [0.25, 0.3) is 0 Å². The summed E-state index contributed by atoms with van der Waals surface area (Å²) in [6.45, 7) is 1.51. The Hall–Kier alpha value is -1.23. The Kier molecular flexibility index (Phi) is 7.52. The third-order valence-corrected chi connectivity index (χ3v) is 3.03. The molecule has 0 aromatic heterocycles. The molecule has 0 heterocycles. The SMILES string of the molecule is CCOCC(O)COC(=O)CC(C(=O)O)S(=O)(=O)O. The first-order valence-corrected chi connectivity index (χ1v) is 6.79. The molecule has 0 aliphatic heterocycles. The van der Waals surface area contributed by atoms with E-state index in [4.69, 9.17) is 14.4 Å². The molecule has 0 amide bonds. The zero-order chi connectivity index (χ0) is 15.1. The van der Waals surface area contributed by atoms with E-state index in [0.717, 1.165) is 0 Å². The summed E-state index contributed by atoms with van der Waals surface area (Å²) in [5.74, 6) is -3.03. The van der Waals surface area contributed by atoms with Gasteiger partial charge in [0.05, 0.1) is 13.0 Å². The van der Waals surface area contributed by atoms with Gasteiger partial charge in [0, 0.05) is 6.61 Å². The summed E-state index contributed by atoms with van der Waals surface area (Å²) < 4.78 is 39.3. The maximum absolute atomic E-state index is 11.2. The van der Waals surface area contributed by atoms with Crippen LogP contribution in [0.15, 0.2) is 0 Å². The highest BCUT2D eigenvalue weighted by atomic mass is 32.2. The van der Waals surface area contributed by atoms with Gasteiger partial charge in [-0.2, -0.15) is 8.42 Å². The molecule has 3 N–H and O–H groups in total. The number of aliphatic hydroxyl groups excluding tert-OH is 1. The molecular formula is C9H16O9S. The van der Waals surface area contributed by atoms with E-state index in [-0.39, 0.29) is 6.61 Å². The van der Waals surface area contributed by atoms with Crippen LogP contribution in [-0.2, 0) is 29.2 Å². The topological polar surface area (TPSA) is 147 Å². The quantitative estimate of drug-likeness (QED) is 0.347. The largest absolute Gasteiger partial charge is 0.480 e. The minimum absolute atomic E-state index is 0.0789. The molecule has 10 heteroatoms. The third-order valence-electron chi connectivity index (χ3n) is 1.94. The van der Waals surface area contributed by atoms with E-state index in [2.05, 4.69) is 4.74 Å². The van der Waals surface area contributed by atoms with Crippen LogP contribution in [0.2, 0.25) is 0 Å². The third kappa shape index (κ3) is 7.72. The van der Waals surface area contributed by atoms with Crippen molar-refractivity contribution in [3.63, 3.8) is 0 Å². The molecule has 9 nitrogen and oxygen atoms in total. The number of carboxylic acids is 1. The zero-order valence-electron chi connectivity index (χ0n) is 10.2. The molecule has 0 bridgehead atoms. The summed E-state index contributed by atoms with van der Waals surface area (Å²) in [6, 6.07) is 0. The van der Waals surface area contributed by atoms with E-state index in [9.17, 15) is 23.1 Å². The van der Waals surface area contributed by atoms with Gasteiger partial charge in [0.25, 0.3) is 10.1 Å². The van der Waals surface area contributed by atoms with Crippen molar-refractivity contribution in [3.8, 4) is 0 Å². The van der Waals surface area contributed by atoms with Crippen LogP contribution in [0.3, 0.4) is 0 Å². The van der Waals surface area contributed by atoms with E-state index in [1.54, 1.807) is 6.92 Å². The fourth-order valence-corrected chi connectivity index (χ4v) is 1.62. The van der Waals surface area contributed by atoms with Gasteiger partial charge in [-0.1, -0.05) is 0 Å². The van der Waals surface area contributed by atoms with Crippen LogP contribution >= 0.6 is 0 Å². The fraction of sp³-hybridized carbons (Fsp3) is 0.778. The van der Waals surface area contributed by atoms with Crippen molar-refractivity contribution >= 4 is 22.1 Å². The molecule has 2 unspecified atom stereocenters. The molecule has 0 rings (SSSR count). The van der Waals surface area contributed by atoms with Crippen LogP contribution in [-0.4, -0.2) is 66.3 Å². The summed E-state index contributed by atoms with van der Waals surface area (Å²) in [7, 11) is -4.90. The van der Waals surface area contributed by atoms with Gasteiger partial charge in [-0.3, -0.25) is 14.1 Å². The maximum atomic E-state index is 11.2. The summed E-state index contributed by atoms with van der Waals surface area (Å²) in [5, 5.41) is 15.5. The van der Waals surface area contributed by atoms with Crippen LogP contribution in [0, 0.1) is 0 Å². The highest BCUT2D eigenvalue weighted by Gasteiger charge is 2.34. The Morgan fingerprint density at radius 2 is 1.84 bits per heavy atom. The van der Waals surface area contributed by atoms with E-state index in [1.165, 1.54) is 0 Å². The number of hydrogen-bond acceptors (Lipinski definition) is 7. The molecule has 0 aliphatic rings. The Balaban J connectivity index is 4.26. The average molecular weight is 300 g/mol. The lowest BCUT2D eigenvalue weighted by Crippen LogP contribution is -2.33. The van der Waals surface area contributed by atoms with Crippen LogP contribution < -0.4 is 0 Å². The Bertz CT molecular complexity index is 402. The van der Waals surface area contributed by atoms with Crippen molar-refractivity contribution < 1.29 is 42.2 Å². The summed E-state index contributed by atoms with van der Waals surface area (Å²) >= 11 is 0. The van der Waals surface area contributed by atoms with Gasteiger partial charge < -0.3 is 19.7 Å². The van der Waals surface area contributed by atoms with Crippen LogP contribution in [0.5, 0.6) is 0 Å². The Labute approximate surface area is 109 Å². The molecular weight excluding hydrogens is 284 g/mol. The highest BCUT2D eigenvalue weighted by molar-refractivity contribution is 7.87. The molecule has 0 saturated carbocycles. The lowest BCUT2D eigenvalue weighted by Gasteiger charge is -2.12. The van der Waals surface area contributed by atoms with E-state index >= 15 is 0 Å². The van der Waals surface area contributed by atoms with Crippen molar-refractivity contribution in [2.24, 2.45) is 0 Å². The van der Waals surface area contributed by atoms with Crippen molar-refractivity contribution in [2.45, 2.75) is 24.7 Å². The highest BCUT2D eigenvalue weighted by Crippen LogP contribution is 2.06. The number of rotatable bonds is 9. The van der Waals surface area contributed by atoms with Gasteiger partial charge in [0.2, 0.25) is 0 Å². The van der Waals surface area contributed by atoms with Crippen molar-refractivity contribution in [1.29, 1.82) is 0 Å². The normalized spacial score (nSPS) is 14.7. The van der Waals surface area contributed by atoms with Gasteiger partial charge in [-0.15, -0.1) is 0 Å². The molecule has 0 saturated heterocycles. The van der Waals surface area contributed by atoms with Crippen LogP contribution in [0.4, 0.5) is 0 Å². The molecule has 0 radical (unpaired) electrons. The second kappa shape index (κ2) is 8.04. The first-order chi connectivity index (χ1) is 8.68. The molecule has 0 spiro atoms. The number of aliphatic carboxylic acids is 1. The van der Waals surface area contributed by atoms with Crippen molar-refractivity contribution in [2.75, 3.05) is 19.8 Å². The Morgan fingerprint density at radius 1 is 1.26 bits per heavy atom. The average Bonchev–Trinajstić information content (AvgIpc) is 2.28. The number of ether oxygens (including phenoxy) is 2. The summed E-state index contributed by atoms with van der Waals surface area (Å²) in [4.78, 5) is 21.7. The van der Waals surface area contributed by atoms with Gasteiger partial charge >= 0.3 is 11.9 Å². The molecule has 0 aliphatic carbocycles. The fourth-order valence-electron chi connectivity index (χ4n) is 1.02. The number of carbonyl (C=O) groups excluding carboxylic acids is 1. The van der Waals surface area contributed by atoms with Crippen molar-refractivity contribution in [1.82, 2.24) is 0 Å². The molecule has 19 heavy (non-hydrogen) atoms. The summed E-state index contributed by atoms with van der Waals surface area (Å²) in [5.41, 5.74) is 0. The molecule has 0 aromatic rings. The monoisotopic (exact) mass is 300 g/mol. The van der Waals surface area contributed by atoms with Gasteiger partial charge in [-0.05, 0) is 6.92 Å². The van der Waals surface area contributed by atoms with Crippen molar-refractivity contribution in [3.05, 3.63) is 0 Å². The predicted molar refractivity (Wildman–Crippen MR) is 61.0 cm³/mol. The minimum Gasteiger partial charge on any atom is -0.480 e. The van der Waals surface area contributed by atoms with Gasteiger partial charge in [-0.25, -0.2) is 0 Å². The standard InChI is InChI=1S/C9H16O9S/c1-2-17-4-6(10)5-18-8(11)3-7(9(12)13)19(14,15)16/h6-7,10H,2-5H2,1H3,(H,12,13)(H,14,15,16). The Morgan fingerprint density at radius 3 is 2.26 bits per heavy atom. The minimum atomic E-state index is -4.90. The van der Waals surface area contributed by atoms with Crippen LogP contribution in [0.1, 0.15) is 13.3 Å². The lowest BCUT2D eigenvalue weighted by atomic mass is 10.3. The number of carbonyl (C=O) groups is 2. The molecule has 2 atom stereocenters. The van der Waals surface area contributed by atoms with Gasteiger partial charge in [0.1, 0.15) is 12.7 Å². The second-order valence-electron chi connectivity index (χ2n) is 3.54. The molecule has 0 fully saturated rings. The van der Waals surface area contributed by atoms with E-state index < -0.39 is 46.4 Å². The first-order valence-electron chi connectivity index (χ1n) is 5.29. The smallest absolute Gasteiger partial charge is 0.325 e. The maximum Gasteiger partial charge on any atom is 0.325 e. The van der Waals surface area contributed by atoms with E-state index in [1.807, 2.05) is 0 Å².